The molecule has 55 heavy (non-hydrogen) atoms. The molecule has 0 aliphatic carbocycles. The van der Waals surface area contributed by atoms with E-state index in [1.165, 1.54) is 7.11 Å². The van der Waals surface area contributed by atoms with E-state index in [2.05, 4.69) is 15.3 Å². The zero-order chi connectivity index (χ0) is 37.9. The topological polar surface area (TPSA) is 200 Å². The fraction of sp³-hybridized carbons (Fsp3) is 0.359. The van der Waals surface area contributed by atoms with Gasteiger partial charge in [0.05, 0.1) is 18.4 Å². The number of carbonyl (C=O) groups is 3. The molecule has 3 aliphatic heterocycles. The third-order valence-electron chi connectivity index (χ3n) is 9.56. The van der Waals surface area contributed by atoms with Gasteiger partial charge in [0.25, 0.3) is 0 Å². The lowest BCUT2D eigenvalue weighted by molar-refractivity contribution is -0.300. The highest BCUT2D eigenvalue weighted by atomic mass is 16.7. The standard InChI is InChI=1S/C39H37N3O13/c1-47-38-35-34(33(30(19-43)52-38)55-39(46)40-23-14-15-28-29(18-23)49-20-48-28)53-36(44)21(16-31-41-24-10-4-6-12-26(24)50-31)8-2-3-9-22(37(45)54-35)17-32-42-25-11-5-7-13-27(25)51-32/h2-7,10-15,18,21-22,30,33-35,38,43H,8-9,16-17,19-20H2,1H3,(H,40,46)/t21-,22-,30-,33-,34+,35-,38+/m1/s1. The van der Waals surface area contributed by atoms with Gasteiger partial charge in [0.15, 0.2) is 59.0 Å². The summed E-state index contributed by atoms with van der Waals surface area (Å²) in [5.41, 5.74) is 2.70. The summed E-state index contributed by atoms with van der Waals surface area (Å²) in [5.74, 6) is -1.50. The second kappa shape index (κ2) is 15.8. The van der Waals surface area contributed by atoms with E-state index in [0.29, 0.717) is 51.2 Å². The van der Waals surface area contributed by atoms with E-state index in [0.717, 1.165) is 0 Å². The van der Waals surface area contributed by atoms with Gasteiger partial charge in [-0.15, -0.1) is 0 Å². The number of hydrogen-bond donors (Lipinski definition) is 2. The summed E-state index contributed by atoms with van der Waals surface area (Å²) in [6.07, 6.45) is -3.92. The minimum Gasteiger partial charge on any atom is -0.454 e. The highest BCUT2D eigenvalue weighted by Gasteiger charge is 2.53. The number of amides is 1. The number of methoxy groups -OCH3 is 1. The molecule has 286 valence electrons. The number of oxazole rings is 2. The Morgan fingerprint density at radius 1 is 0.818 bits per heavy atom. The average Bonchev–Trinajstić information content (AvgIpc) is 3.94. The van der Waals surface area contributed by atoms with Crippen LogP contribution in [0.15, 0.2) is 87.7 Å². The van der Waals surface area contributed by atoms with Crippen molar-refractivity contribution in [2.24, 2.45) is 11.8 Å². The third-order valence-corrected chi connectivity index (χ3v) is 9.56. The number of rotatable bonds is 8. The summed E-state index contributed by atoms with van der Waals surface area (Å²) < 4.78 is 52.3. The van der Waals surface area contributed by atoms with E-state index in [9.17, 15) is 19.5 Å². The summed E-state index contributed by atoms with van der Waals surface area (Å²) in [6, 6.07) is 19.2. The van der Waals surface area contributed by atoms with E-state index < -0.39 is 67.2 Å². The maximum absolute atomic E-state index is 14.2. The normalized spacial score (nSPS) is 25.4. The minimum atomic E-state index is -1.51. The number of aliphatic hydroxyl groups is 1. The van der Waals surface area contributed by atoms with E-state index in [1.54, 1.807) is 54.6 Å². The second-order valence-corrected chi connectivity index (χ2v) is 13.2. The SMILES string of the molecule is CO[C@H]1O[C@H](CO)[C@@H](OC(=O)Nc2ccc3c(c2)OCO3)[C@@H]2OC(=O)[C@@H](Cc3nc4ccccc4o3)CC=CC[C@H](Cc3nc4ccccc4o3)C(=O)O[C@@H]12. The number of nitrogens with one attached hydrogen (secondary N) is 1. The van der Waals surface area contributed by atoms with E-state index in [4.69, 9.17) is 42.0 Å². The van der Waals surface area contributed by atoms with Crippen LogP contribution in [0.2, 0.25) is 0 Å². The number of benzene rings is 3. The summed E-state index contributed by atoms with van der Waals surface area (Å²) in [4.78, 5) is 50.8. The molecular weight excluding hydrogens is 718 g/mol. The Balaban J connectivity index is 1.11. The number of fused-ring (bicyclic) bond motifs is 4. The van der Waals surface area contributed by atoms with Crippen LogP contribution in [0.3, 0.4) is 0 Å². The van der Waals surface area contributed by atoms with Crippen LogP contribution in [0.5, 0.6) is 11.5 Å². The van der Waals surface area contributed by atoms with Crippen molar-refractivity contribution in [1.82, 2.24) is 9.97 Å². The number of esters is 2. The van der Waals surface area contributed by atoms with Crippen molar-refractivity contribution in [2.45, 2.75) is 56.4 Å². The van der Waals surface area contributed by atoms with Crippen molar-refractivity contribution in [3.8, 4) is 11.5 Å². The molecule has 2 aromatic heterocycles. The molecule has 16 heteroatoms. The largest absolute Gasteiger partial charge is 0.454 e. The molecule has 0 saturated carbocycles. The zero-order valence-corrected chi connectivity index (χ0v) is 29.5. The van der Waals surface area contributed by atoms with Crippen molar-refractivity contribution in [3.63, 3.8) is 0 Å². The number of anilines is 1. The van der Waals surface area contributed by atoms with E-state index >= 15 is 0 Å². The van der Waals surface area contributed by atoms with Crippen LogP contribution in [0.4, 0.5) is 10.5 Å². The number of carbonyl (C=O) groups excluding carboxylic acids is 3. The van der Waals surface area contributed by atoms with Crippen LogP contribution in [0, 0.1) is 11.8 Å². The average molecular weight is 756 g/mol. The minimum absolute atomic E-state index is 0.0352. The van der Waals surface area contributed by atoms with Crippen LogP contribution >= 0.6 is 0 Å². The highest BCUT2D eigenvalue weighted by molar-refractivity contribution is 5.85. The molecular formula is C39H37N3O13. The van der Waals surface area contributed by atoms with Crippen molar-refractivity contribution in [1.29, 1.82) is 0 Å². The molecule has 5 heterocycles. The van der Waals surface area contributed by atoms with Crippen LogP contribution in [-0.2, 0) is 46.1 Å². The molecule has 16 nitrogen and oxygen atoms in total. The third kappa shape index (κ3) is 7.83. The first-order valence-corrected chi connectivity index (χ1v) is 17.8. The first kappa shape index (κ1) is 36.0. The molecule has 5 aromatic rings. The van der Waals surface area contributed by atoms with Crippen LogP contribution < -0.4 is 14.8 Å². The molecule has 0 bridgehead atoms. The van der Waals surface area contributed by atoms with Gasteiger partial charge in [0.2, 0.25) is 6.79 Å². The van der Waals surface area contributed by atoms with Crippen LogP contribution in [0.1, 0.15) is 24.6 Å². The van der Waals surface area contributed by atoms with Gasteiger partial charge < -0.3 is 47.1 Å². The van der Waals surface area contributed by atoms with Gasteiger partial charge in [-0.25, -0.2) is 14.8 Å². The monoisotopic (exact) mass is 755 g/mol. The molecule has 1 amide bonds. The molecule has 0 unspecified atom stereocenters. The number of nitrogens with zero attached hydrogens (tertiary/aromatic N) is 2. The number of allylic oxidation sites excluding steroid dienone is 2. The molecule has 0 spiro atoms. The summed E-state index contributed by atoms with van der Waals surface area (Å²) in [6.45, 7) is -0.639. The number of aliphatic hydroxyl groups excluding tert-OH is 1. The lowest BCUT2D eigenvalue weighted by atomic mass is 9.95. The molecule has 0 radical (unpaired) electrons. The Hall–Kier alpha value is -5.97. The predicted octanol–water partition coefficient (Wildman–Crippen LogP) is 4.87. The van der Waals surface area contributed by atoms with Gasteiger partial charge >= 0.3 is 18.0 Å². The van der Waals surface area contributed by atoms with Crippen LogP contribution in [-0.4, -0.2) is 84.3 Å². The molecule has 7 atom stereocenters. The summed E-state index contributed by atoms with van der Waals surface area (Å²) in [5, 5.41) is 13.1. The number of hydrogen-bond acceptors (Lipinski definition) is 15. The predicted molar refractivity (Wildman–Crippen MR) is 190 cm³/mol. The Labute approximate surface area is 313 Å². The van der Waals surface area contributed by atoms with Gasteiger partial charge in [0.1, 0.15) is 17.1 Å². The molecule has 2 N–H and O–H groups in total. The van der Waals surface area contributed by atoms with Gasteiger partial charge in [-0.1, -0.05) is 36.4 Å². The van der Waals surface area contributed by atoms with Crippen molar-refractivity contribution >= 4 is 45.9 Å². The fourth-order valence-electron chi connectivity index (χ4n) is 6.81. The fourth-order valence-corrected chi connectivity index (χ4v) is 6.81. The van der Waals surface area contributed by atoms with Gasteiger partial charge in [-0.2, -0.15) is 0 Å². The Bertz CT molecular complexity index is 2150. The molecule has 3 aliphatic rings. The molecule has 1 fully saturated rings. The van der Waals surface area contributed by atoms with E-state index in [-0.39, 0.29) is 32.5 Å². The van der Waals surface area contributed by atoms with Crippen molar-refractivity contribution < 1.29 is 61.5 Å². The van der Waals surface area contributed by atoms with Gasteiger partial charge in [-0.05, 0) is 49.2 Å². The van der Waals surface area contributed by atoms with Gasteiger partial charge in [-0.3, -0.25) is 14.9 Å². The van der Waals surface area contributed by atoms with Gasteiger partial charge in [0, 0.05) is 31.7 Å². The lowest BCUT2D eigenvalue weighted by Gasteiger charge is -2.44. The zero-order valence-electron chi connectivity index (χ0n) is 29.5. The quantitative estimate of drug-likeness (QED) is 0.123. The molecule has 3 aromatic carbocycles. The van der Waals surface area contributed by atoms with E-state index in [1.807, 2.05) is 24.3 Å². The number of ether oxygens (including phenoxy) is 7. The maximum atomic E-state index is 14.2. The molecule has 1 saturated heterocycles. The smallest absolute Gasteiger partial charge is 0.412 e. The van der Waals surface area contributed by atoms with Crippen molar-refractivity contribution in [3.05, 3.63) is 90.7 Å². The molecule has 8 rings (SSSR count). The van der Waals surface area contributed by atoms with Crippen molar-refractivity contribution in [2.75, 3.05) is 25.8 Å². The number of aromatic nitrogens is 2. The Kier molecular flexibility index (Phi) is 10.3. The second-order valence-electron chi connectivity index (χ2n) is 13.2. The Morgan fingerprint density at radius 2 is 1.42 bits per heavy atom. The van der Waals surface area contributed by atoms with Crippen LogP contribution in [0.25, 0.3) is 22.2 Å². The summed E-state index contributed by atoms with van der Waals surface area (Å²) in [7, 11) is 1.31. The summed E-state index contributed by atoms with van der Waals surface area (Å²) >= 11 is 0. The number of para-hydroxylation sites is 4. The first-order chi connectivity index (χ1) is 26.8. The highest BCUT2D eigenvalue weighted by Crippen LogP contribution is 2.36. The first-order valence-electron chi connectivity index (χ1n) is 17.8. The Morgan fingerprint density at radius 3 is 2.02 bits per heavy atom. The maximum Gasteiger partial charge on any atom is 0.412 e. The lowest BCUT2D eigenvalue weighted by Crippen LogP contribution is -2.63.